The molecule has 0 bridgehead atoms. The molecule has 4 aromatic rings. The lowest BCUT2D eigenvalue weighted by molar-refractivity contribution is -0.394. The molecule has 0 aliphatic carbocycles. The molecular formula is C33H29ClN6O8. The lowest BCUT2D eigenvalue weighted by atomic mass is 10.1. The summed E-state index contributed by atoms with van der Waals surface area (Å²) in [6.07, 6.45) is 2.81. The monoisotopic (exact) mass is 672 g/mol. The summed E-state index contributed by atoms with van der Waals surface area (Å²) in [5, 5.41) is 29.5. The Labute approximate surface area is 279 Å². The van der Waals surface area contributed by atoms with Gasteiger partial charge in [0.25, 0.3) is 17.5 Å². The van der Waals surface area contributed by atoms with Crippen molar-refractivity contribution >= 4 is 52.8 Å². The van der Waals surface area contributed by atoms with Crippen LogP contribution in [-0.4, -0.2) is 48.6 Å². The van der Waals surface area contributed by atoms with Crippen LogP contribution < -0.4 is 25.1 Å². The molecule has 2 amide bonds. The molecule has 0 unspecified atom stereocenters. The molecule has 4 aromatic carbocycles. The Kier molecular flexibility index (Phi) is 11.4. The van der Waals surface area contributed by atoms with E-state index in [1.807, 2.05) is 31.1 Å². The molecule has 0 spiro atoms. The first-order valence-electron chi connectivity index (χ1n) is 14.2. The second kappa shape index (κ2) is 15.8. The molecule has 0 aliphatic rings. The molecule has 2 N–H and O–H groups in total. The molecule has 0 atom stereocenters. The van der Waals surface area contributed by atoms with Crippen LogP contribution in [0.3, 0.4) is 0 Å². The minimum Gasteiger partial charge on any atom is -0.490 e. The van der Waals surface area contributed by atoms with Crippen LogP contribution in [-0.2, 0) is 4.79 Å². The highest BCUT2D eigenvalue weighted by Gasteiger charge is 2.22. The summed E-state index contributed by atoms with van der Waals surface area (Å²) in [5.74, 6) is -1.26. The van der Waals surface area contributed by atoms with Gasteiger partial charge in [-0.2, -0.15) is 5.10 Å². The number of non-ortho nitro benzene ring substituents is 1. The summed E-state index contributed by atoms with van der Waals surface area (Å²) in [4.78, 5) is 49.3. The maximum absolute atomic E-state index is 13.3. The smallest absolute Gasteiger partial charge is 0.318 e. The first kappa shape index (κ1) is 34.6. The van der Waals surface area contributed by atoms with E-state index < -0.39 is 33.0 Å². The summed E-state index contributed by atoms with van der Waals surface area (Å²) in [7, 11) is 3.79. The van der Waals surface area contributed by atoms with Gasteiger partial charge in [-0.25, -0.2) is 5.43 Å². The normalized spacial score (nSPS) is 11.1. The Balaban J connectivity index is 1.56. The van der Waals surface area contributed by atoms with Crippen molar-refractivity contribution in [2.75, 3.05) is 25.6 Å². The van der Waals surface area contributed by atoms with Crippen LogP contribution in [0.2, 0.25) is 5.02 Å². The van der Waals surface area contributed by atoms with Crippen molar-refractivity contribution in [1.82, 2.24) is 10.7 Å². The molecule has 0 saturated carbocycles. The van der Waals surface area contributed by atoms with E-state index in [1.54, 1.807) is 43.3 Å². The number of nitro groups is 2. The van der Waals surface area contributed by atoms with Crippen molar-refractivity contribution in [3.05, 3.63) is 133 Å². The number of nitro benzene ring substituents is 2. The van der Waals surface area contributed by atoms with Gasteiger partial charge in [0, 0.05) is 25.8 Å². The van der Waals surface area contributed by atoms with E-state index in [0.29, 0.717) is 11.1 Å². The standard InChI is InChI=1S/C33H29ClN6O8/c1-4-47-31-18-22(11-15-30(31)48-29-16-14-24(39(43)44)19-28(29)40(45)46)20-35-37-33(42)27(17-21-9-12-23(13-10-21)38(2)3)36-32(41)25-7-5-6-8-26(25)34/h5-20H,4H2,1-3H3,(H,36,41)(H,37,42)/b27-17+,35-20-. The van der Waals surface area contributed by atoms with E-state index in [9.17, 15) is 29.8 Å². The molecule has 0 saturated heterocycles. The summed E-state index contributed by atoms with van der Waals surface area (Å²) in [6.45, 7) is 1.93. The summed E-state index contributed by atoms with van der Waals surface area (Å²) in [6, 6.07) is 21.3. The fraction of sp³-hybridized carbons (Fsp3) is 0.121. The highest BCUT2D eigenvalue weighted by molar-refractivity contribution is 6.34. The second-order valence-corrected chi connectivity index (χ2v) is 10.5. The Bertz CT molecular complexity index is 1910. The number of nitrogens with one attached hydrogen (secondary N) is 2. The highest BCUT2D eigenvalue weighted by atomic mass is 35.5. The van der Waals surface area contributed by atoms with Crippen LogP contribution in [0.5, 0.6) is 17.2 Å². The minimum absolute atomic E-state index is 0.0990. The Hall–Kier alpha value is -6.28. The number of carbonyl (C=O) groups excluding carboxylic acids is 2. The van der Waals surface area contributed by atoms with Crippen LogP contribution in [0, 0.1) is 20.2 Å². The molecule has 0 radical (unpaired) electrons. The van der Waals surface area contributed by atoms with Crippen LogP contribution in [0.15, 0.2) is 95.7 Å². The average Bonchev–Trinajstić information content (AvgIpc) is 3.06. The van der Waals surface area contributed by atoms with Gasteiger partial charge in [-0.1, -0.05) is 35.9 Å². The van der Waals surface area contributed by atoms with Gasteiger partial charge in [0.05, 0.1) is 39.3 Å². The number of anilines is 1. The second-order valence-electron chi connectivity index (χ2n) is 10.1. The van der Waals surface area contributed by atoms with E-state index in [1.165, 1.54) is 30.5 Å². The van der Waals surface area contributed by atoms with Crippen molar-refractivity contribution in [2.45, 2.75) is 6.92 Å². The predicted octanol–water partition coefficient (Wildman–Crippen LogP) is 6.33. The fourth-order valence-electron chi connectivity index (χ4n) is 4.18. The maximum Gasteiger partial charge on any atom is 0.318 e. The molecule has 15 heteroatoms. The van der Waals surface area contributed by atoms with Crippen LogP contribution in [0.1, 0.15) is 28.4 Å². The third kappa shape index (κ3) is 8.92. The SMILES string of the molecule is CCOc1cc(/C=N\NC(=O)/C(=C\c2ccc(N(C)C)cc2)NC(=O)c2ccccc2Cl)ccc1Oc1ccc([N+](=O)[O-])cc1[N+](=O)[O-]. The van der Waals surface area contributed by atoms with Gasteiger partial charge in [-0.3, -0.25) is 29.8 Å². The average molecular weight is 673 g/mol. The zero-order valence-corrected chi connectivity index (χ0v) is 26.6. The Morgan fingerprint density at radius 2 is 1.58 bits per heavy atom. The number of hydrazone groups is 1. The number of hydrogen-bond donors (Lipinski definition) is 2. The molecule has 246 valence electrons. The van der Waals surface area contributed by atoms with Gasteiger partial charge in [0.2, 0.25) is 5.75 Å². The molecular weight excluding hydrogens is 644 g/mol. The summed E-state index contributed by atoms with van der Waals surface area (Å²) >= 11 is 6.19. The van der Waals surface area contributed by atoms with Crippen molar-refractivity contribution in [1.29, 1.82) is 0 Å². The number of ether oxygens (including phenoxy) is 2. The number of carbonyl (C=O) groups is 2. The van der Waals surface area contributed by atoms with Gasteiger partial charge >= 0.3 is 5.69 Å². The third-order valence-corrected chi connectivity index (χ3v) is 6.88. The number of amides is 2. The first-order valence-corrected chi connectivity index (χ1v) is 14.6. The Morgan fingerprint density at radius 3 is 2.23 bits per heavy atom. The molecule has 14 nitrogen and oxygen atoms in total. The van der Waals surface area contributed by atoms with Crippen LogP contribution in [0.4, 0.5) is 17.1 Å². The van der Waals surface area contributed by atoms with E-state index >= 15 is 0 Å². The largest absolute Gasteiger partial charge is 0.490 e. The quantitative estimate of drug-likeness (QED) is 0.0710. The van der Waals surface area contributed by atoms with Gasteiger partial charge < -0.3 is 19.7 Å². The van der Waals surface area contributed by atoms with E-state index in [2.05, 4.69) is 15.8 Å². The first-order chi connectivity index (χ1) is 23.0. The van der Waals surface area contributed by atoms with E-state index in [-0.39, 0.29) is 40.1 Å². The zero-order valence-electron chi connectivity index (χ0n) is 25.9. The van der Waals surface area contributed by atoms with E-state index in [4.69, 9.17) is 21.1 Å². The highest BCUT2D eigenvalue weighted by Crippen LogP contribution is 2.38. The lowest BCUT2D eigenvalue weighted by Crippen LogP contribution is -2.33. The fourth-order valence-corrected chi connectivity index (χ4v) is 4.40. The van der Waals surface area contributed by atoms with Gasteiger partial charge in [0.15, 0.2) is 11.5 Å². The molecule has 0 heterocycles. The summed E-state index contributed by atoms with van der Waals surface area (Å²) < 4.78 is 11.4. The lowest BCUT2D eigenvalue weighted by Gasteiger charge is -2.13. The van der Waals surface area contributed by atoms with E-state index in [0.717, 1.165) is 23.9 Å². The van der Waals surface area contributed by atoms with Crippen molar-refractivity contribution in [3.63, 3.8) is 0 Å². The number of halogens is 1. The number of nitrogens with zero attached hydrogens (tertiary/aromatic N) is 4. The molecule has 0 fully saturated rings. The molecule has 4 rings (SSSR count). The summed E-state index contributed by atoms with van der Waals surface area (Å²) in [5.41, 5.74) is 3.45. The van der Waals surface area contributed by atoms with Crippen LogP contribution in [0.25, 0.3) is 6.08 Å². The maximum atomic E-state index is 13.3. The number of hydrogen-bond acceptors (Lipinski definition) is 10. The number of rotatable bonds is 13. The van der Waals surface area contributed by atoms with Crippen molar-refractivity contribution in [3.8, 4) is 17.2 Å². The van der Waals surface area contributed by atoms with Crippen LogP contribution >= 0.6 is 11.6 Å². The van der Waals surface area contributed by atoms with Crippen molar-refractivity contribution < 1.29 is 28.9 Å². The van der Waals surface area contributed by atoms with Gasteiger partial charge in [-0.05, 0) is 72.7 Å². The zero-order chi connectivity index (χ0) is 34.8. The third-order valence-electron chi connectivity index (χ3n) is 6.55. The topological polar surface area (TPSA) is 179 Å². The molecule has 48 heavy (non-hydrogen) atoms. The number of benzene rings is 4. The molecule has 0 aromatic heterocycles. The minimum atomic E-state index is -0.787. The van der Waals surface area contributed by atoms with Crippen molar-refractivity contribution in [2.24, 2.45) is 5.10 Å². The van der Waals surface area contributed by atoms with Gasteiger partial charge in [0.1, 0.15) is 5.70 Å². The van der Waals surface area contributed by atoms with Gasteiger partial charge in [-0.15, -0.1) is 0 Å². The predicted molar refractivity (Wildman–Crippen MR) is 181 cm³/mol. The Morgan fingerprint density at radius 1 is 0.896 bits per heavy atom. The molecule has 0 aliphatic heterocycles.